The first-order valence-corrected chi connectivity index (χ1v) is 8.73. The Morgan fingerprint density at radius 1 is 1.39 bits per heavy atom. The number of carbonyl (C=O) groups is 1. The molecule has 7 heteroatoms. The summed E-state index contributed by atoms with van der Waals surface area (Å²) in [5.41, 5.74) is 2.07. The lowest BCUT2D eigenvalue weighted by molar-refractivity contribution is -0.138. The number of nitrogens with zero attached hydrogens (tertiary/aromatic N) is 2. The molecule has 0 unspecified atom stereocenters. The van der Waals surface area contributed by atoms with Crippen LogP contribution in [0, 0.1) is 0 Å². The highest BCUT2D eigenvalue weighted by molar-refractivity contribution is 5.84. The third-order valence-electron chi connectivity index (χ3n) is 4.50. The van der Waals surface area contributed by atoms with Crippen LogP contribution < -0.4 is 20.7 Å². The standard InChI is InChI=1S/C21H21N3O4/c1-4-6-16-15(5-2)19(23-24(21(16)27)12-20(25)26)9-13-11-22-18-8-7-14(28-3)10-17(13)18/h4-8,10-11,22H,1,9,12H2,2-3H3,(H,25,26). The first-order valence-electron chi connectivity index (χ1n) is 8.73. The van der Waals surface area contributed by atoms with Gasteiger partial charge in [0.2, 0.25) is 0 Å². The van der Waals surface area contributed by atoms with E-state index in [1.165, 1.54) is 6.08 Å². The molecule has 7 nitrogen and oxygen atoms in total. The van der Waals surface area contributed by atoms with Gasteiger partial charge in [0.25, 0.3) is 5.56 Å². The number of H-pyrrole nitrogens is 1. The molecule has 144 valence electrons. The molecular formula is C21H21N3O4. The number of allylic oxidation sites excluding steroid dienone is 1. The third kappa shape index (κ3) is 3.59. The van der Waals surface area contributed by atoms with E-state index < -0.39 is 18.1 Å². The van der Waals surface area contributed by atoms with E-state index in [1.807, 2.05) is 31.3 Å². The zero-order valence-corrected chi connectivity index (χ0v) is 15.7. The van der Waals surface area contributed by atoms with Gasteiger partial charge >= 0.3 is 5.97 Å². The van der Waals surface area contributed by atoms with Gasteiger partial charge in [-0.15, -0.1) is 0 Å². The number of hydrogen-bond acceptors (Lipinski definition) is 4. The Hall–Kier alpha value is -3.61. The SMILES string of the molecule is C=CC=c1c(=CC)c(Cc2c[nH]c3ccc(OC)cc23)nn(CC(=O)O)c1=O. The summed E-state index contributed by atoms with van der Waals surface area (Å²) in [5, 5.41) is 15.5. The summed E-state index contributed by atoms with van der Waals surface area (Å²) >= 11 is 0. The largest absolute Gasteiger partial charge is 0.497 e. The summed E-state index contributed by atoms with van der Waals surface area (Å²) in [4.78, 5) is 27.0. The van der Waals surface area contributed by atoms with Crippen LogP contribution in [0.3, 0.4) is 0 Å². The summed E-state index contributed by atoms with van der Waals surface area (Å²) in [6, 6.07) is 5.73. The third-order valence-corrected chi connectivity index (χ3v) is 4.50. The Labute approximate surface area is 160 Å². The second-order valence-electron chi connectivity index (χ2n) is 6.22. The number of carboxylic acids is 1. The fraction of sp³-hybridized carbons (Fsp3) is 0.190. The van der Waals surface area contributed by atoms with Crippen molar-refractivity contribution in [3.63, 3.8) is 0 Å². The fourth-order valence-electron chi connectivity index (χ4n) is 3.23. The van der Waals surface area contributed by atoms with Crippen molar-refractivity contribution < 1.29 is 14.6 Å². The topological polar surface area (TPSA) is 97.2 Å². The molecule has 0 aliphatic carbocycles. The summed E-state index contributed by atoms with van der Waals surface area (Å²) in [6.45, 7) is 4.97. The minimum Gasteiger partial charge on any atom is -0.497 e. The molecule has 0 saturated heterocycles. The van der Waals surface area contributed by atoms with Gasteiger partial charge in [0.05, 0.1) is 18.0 Å². The number of rotatable bonds is 6. The summed E-state index contributed by atoms with van der Waals surface area (Å²) in [6.07, 6.45) is 7.20. The molecule has 0 fully saturated rings. The van der Waals surface area contributed by atoms with Crippen LogP contribution >= 0.6 is 0 Å². The maximum Gasteiger partial charge on any atom is 0.325 e. The van der Waals surface area contributed by atoms with Crippen molar-refractivity contribution in [2.45, 2.75) is 19.9 Å². The molecule has 0 aliphatic rings. The molecule has 0 atom stereocenters. The van der Waals surface area contributed by atoms with E-state index in [0.29, 0.717) is 22.6 Å². The molecule has 3 aromatic rings. The molecule has 3 rings (SSSR count). The van der Waals surface area contributed by atoms with Gasteiger partial charge in [-0.2, -0.15) is 5.10 Å². The molecule has 28 heavy (non-hydrogen) atoms. The van der Waals surface area contributed by atoms with E-state index in [0.717, 1.165) is 26.9 Å². The van der Waals surface area contributed by atoms with Crippen LogP contribution in [-0.2, 0) is 17.8 Å². The minimum atomic E-state index is -1.13. The van der Waals surface area contributed by atoms with Crippen LogP contribution in [0.2, 0.25) is 0 Å². The first-order chi connectivity index (χ1) is 13.5. The Morgan fingerprint density at radius 2 is 2.18 bits per heavy atom. The minimum absolute atomic E-state index is 0.376. The van der Waals surface area contributed by atoms with E-state index >= 15 is 0 Å². The van der Waals surface area contributed by atoms with Gasteiger partial charge in [-0.1, -0.05) is 18.7 Å². The summed E-state index contributed by atoms with van der Waals surface area (Å²) in [7, 11) is 1.61. The summed E-state index contributed by atoms with van der Waals surface area (Å²) in [5.74, 6) is -0.393. The van der Waals surface area contributed by atoms with Gasteiger partial charge in [0.15, 0.2) is 0 Å². The lowest BCUT2D eigenvalue weighted by Gasteiger charge is -2.08. The molecule has 0 amide bonds. The quantitative estimate of drug-likeness (QED) is 0.670. The highest BCUT2D eigenvalue weighted by atomic mass is 16.5. The van der Waals surface area contributed by atoms with Gasteiger partial charge in [0, 0.05) is 28.7 Å². The molecule has 2 aromatic heterocycles. The number of aliphatic carboxylic acids is 1. The average Bonchev–Trinajstić information content (AvgIpc) is 3.07. The molecule has 0 bridgehead atoms. The lowest BCUT2D eigenvalue weighted by Crippen LogP contribution is -2.49. The lowest BCUT2D eigenvalue weighted by atomic mass is 10.1. The number of methoxy groups -OCH3 is 1. The normalized spacial score (nSPS) is 12.5. The highest BCUT2D eigenvalue weighted by Crippen LogP contribution is 2.24. The van der Waals surface area contributed by atoms with Crippen LogP contribution in [0.5, 0.6) is 5.75 Å². The Bertz CT molecular complexity index is 1230. The molecule has 0 aliphatic heterocycles. The molecule has 0 saturated carbocycles. The van der Waals surface area contributed by atoms with Crippen molar-refractivity contribution in [1.29, 1.82) is 0 Å². The van der Waals surface area contributed by atoms with Crippen molar-refractivity contribution in [3.8, 4) is 5.75 Å². The van der Waals surface area contributed by atoms with Crippen molar-refractivity contribution in [2.24, 2.45) is 0 Å². The van der Waals surface area contributed by atoms with Crippen molar-refractivity contribution >= 4 is 29.0 Å². The number of aromatic amines is 1. The zero-order chi connectivity index (χ0) is 20.3. The van der Waals surface area contributed by atoms with E-state index in [4.69, 9.17) is 9.84 Å². The maximum absolute atomic E-state index is 12.6. The monoisotopic (exact) mass is 379 g/mol. The van der Waals surface area contributed by atoms with Crippen molar-refractivity contribution in [1.82, 2.24) is 14.8 Å². The number of aromatic nitrogens is 3. The number of fused-ring (bicyclic) bond motifs is 1. The number of carboxylic acid groups (broad SMARTS) is 1. The number of hydrogen-bond donors (Lipinski definition) is 2. The average molecular weight is 379 g/mol. The second-order valence-corrected chi connectivity index (χ2v) is 6.22. The molecule has 2 N–H and O–H groups in total. The van der Waals surface area contributed by atoms with Crippen molar-refractivity contribution in [3.05, 3.63) is 69.1 Å². The molecule has 0 spiro atoms. The van der Waals surface area contributed by atoms with Crippen molar-refractivity contribution in [2.75, 3.05) is 7.11 Å². The van der Waals surface area contributed by atoms with E-state index in [-0.39, 0.29) is 0 Å². The molecule has 0 radical (unpaired) electrons. The molecule has 1 aromatic carbocycles. The Kier molecular flexibility index (Phi) is 5.44. The van der Waals surface area contributed by atoms with Crippen LogP contribution in [0.4, 0.5) is 0 Å². The zero-order valence-electron chi connectivity index (χ0n) is 15.7. The second kappa shape index (κ2) is 7.96. The number of nitrogens with one attached hydrogen (secondary N) is 1. The van der Waals surface area contributed by atoms with Crippen LogP contribution in [0.15, 0.2) is 41.8 Å². The highest BCUT2D eigenvalue weighted by Gasteiger charge is 2.13. The predicted molar refractivity (Wildman–Crippen MR) is 108 cm³/mol. The number of benzene rings is 1. The first kappa shape index (κ1) is 19.2. The van der Waals surface area contributed by atoms with Gasteiger partial charge in [-0.05, 0) is 36.8 Å². The molecular weight excluding hydrogens is 358 g/mol. The molecule has 2 heterocycles. The summed E-state index contributed by atoms with van der Waals surface area (Å²) < 4.78 is 6.29. The van der Waals surface area contributed by atoms with Gasteiger partial charge < -0.3 is 14.8 Å². The van der Waals surface area contributed by atoms with Crippen LogP contribution in [-0.4, -0.2) is 33.0 Å². The van der Waals surface area contributed by atoms with E-state index in [9.17, 15) is 9.59 Å². The van der Waals surface area contributed by atoms with Gasteiger partial charge in [-0.3, -0.25) is 9.59 Å². The maximum atomic E-state index is 12.6. The van der Waals surface area contributed by atoms with Crippen LogP contribution in [0.25, 0.3) is 23.1 Å². The van der Waals surface area contributed by atoms with Gasteiger partial charge in [0.1, 0.15) is 12.3 Å². The predicted octanol–water partition coefficient (Wildman–Crippen LogP) is 1.18. The smallest absolute Gasteiger partial charge is 0.325 e. The fourth-order valence-corrected chi connectivity index (χ4v) is 3.23. The van der Waals surface area contributed by atoms with E-state index in [1.54, 1.807) is 19.3 Å². The Morgan fingerprint density at radius 3 is 2.82 bits per heavy atom. The number of ether oxygens (including phenoxy) is 1. The van der Waals surface area contributed by atoms with Gasteiger partial charge in [-0.25, -0.2) is 4.68 Å². The van der Waals surface area contributed by atoms with E-state index in [2.05, 4.69) is 16.7 Å². The Balaban J connectivity index is 2.23. The van der Waals surface area contributed by atoms with Crippen LogP contribution in [0.1, 0.15) is 18.2 Å².